The van der Waals surface area contributed by atoms with E-state index in [1.165, 1.54) is 0 Å². The summed E-state index contributed by atoms with van der Waals surface area (Å²) in [6.07, 6.45) is 0. The predicted octanol–water partition coefficient (Wildman–Crippen LogP) is -5.88. The topological polar surface area (TPSA) is 143 Å². The van der Waals surface area contributed by atoms with Crippen molar-refractivity contribution in [3.63, 3.8) is 0 Å². The molecule has 0 aromatic rings. The SMILES string of the molecule is [O]=[Al][O-].[O]=[Al][O-].[O]=[Ti]([O-])[O-].[Zn+2].[Zn+2]. The van der Waals surface area contributed by atoms with Crippen LogP contribution in [0, 0.1) is 0 Å². The Morgan fingerprint density at radius 3 is 0.917 bits per heavy atom. The van der Waals surface area contributed by atoms with Crippen molar-refractivity contribution >= 4 is 31.0 Å². The van der Waals surface area contributed by atoms with E-state index in [0.717, 1.165) is 0 Å². The minimum atomic E-state index is -4.08. The summed E-state index contributed by atoms with van der Waals surface area (Å²) in [6.45, 7) is 0. The molecule has 0 aliphatic heterocycles. The minimum absolute atomic E-state index is 0. The Hall–Kier alpha value is 1.95. The second-order valence-electron chi connectivity index (χ2n) is 0.442. The Bertz CT molecular complexity index is 87.4. The van der Waals surface area contributed by atoms with Crippen molar-refractivity contribution in [3.8, 4) is 0 Å². The molecule has 0 aromatic carbocycles. The van der Waals surface area contributed by atoms with Crippen molar-refractivity contribution in [1.82, 2.24) is 0 Å². The van der Waals surface area contributed by atoms with Crippen LogP contribution in [0.1, 0.15) is 0 Å². The summed E-state index contributed by atoms with van der Waals surface area (Å²) in [5.41, 5.74) is 0. The van der Waals surface area contributed by atoms with Gasteiger partial charge in [0, 0.05) is 0 Å². The summed E-state index contributed by atoms with van der Waals surface area (Å²) in [6, 6.07) is 0. The molecule has 0 radical (unpaired) electrons. The molecule has 0 fully saturated rings. The van der Waals surface area contributed by atoms with Crippen LogP contribution < -0.4 is 15.7 Å². The molecule has 0 aromatic heterocycles. The zero-order valence-electron chi connectivity index (χ0n) is 5.93. The quantitative estimate of drug-likeness (QED) is 0.398. The van der Waals surface area contributed by atoms with Crippen molar-refractivity contribution in [2.75, 3.05) is 0 Å². The molecule has 0 saturated carbocycles. The van der Waals surface area contributed by atoms with Crippen LogP contribution in [0.15, 0.2) is 0 Å². The zero-order valence-corrected chi connectivity index (χ0v) is 15.7. The second-order valence-corrected chi connectivity index (χ2v) is 1.61. The van der Waals surface area contributed by atoms with Gasteiger partial charge in [-0.2, -0.15) is 0 Å². The van der Waals surface area contributed by atoms with Crippen molar-refractivity contribution in [2.45, 2.75) is 0 Å². The van der Waals surface area contributed by atoms with E-state index in [1.807, 2.05) is 0 Å². The molecule has 0 bridgehead atoms. The van der Waals surface area contributed by atoms with Crippen LogP contribution in [0.2, 0.25) is 0 Å². The molecule has 0 aliphatic carbocycles. The van der Waals surface area contributed by atoms with Crippen LogP contribution in [0.5, 0.6) is 0 Å². The summed E-state index contributed by atoms with van der Waals surface area (Å²) in [4.78, 5) is 0. The van der Waals surface area contributed by atoms with Gasteiger partial charge in [0.1, 0.15) is 0 Å². The van der Waals surface area contributed by atoms with Gasteiger partial charge in [-0.15, -0.1) is 0 Å². The van der Waals surface area contributed by atoms with Crippen molar-refractivity contribution in [2.24, 2.45) is 0 Å². The number of rotatable bonds is 0. The Balaban J connectivity index is -0.0000000191. The standard InChI is InChI=1S/2Al.7O.Ti.2Zn/q;;;;;4*-1;;2*+2. The molecular formula is Al2O7TiZn2. The molecule has 0 heterocycles. The summed E-state index contributed by atoms with van der Waals surface area (Å²) >= 11 is -7.58. The van der Waals surface area contributed by atoms with E-state index >= 15 is 0 Å². The smallest absolute Gasteiger partial charge is 2.00 e. The molecule has 0 saturated heterocycles. The van der Waals surface area contributed by atoms with Crippen molar-refractivity contribution in [3.05, 3.63) is 0 Å². The summed E-state index contributed by atoms with van der Waals surface area (Å²) < 4.78 is 59.6. The normalized spacial score (nSPS) is 3.50. The average Bonchev–Trinajstić information content (AvgIpc) is 1.65. The van der Waals surface area contributed by atoms with Gasteiger partial charge in [-0.25, -0.2) is 0 Å². The molecule has 0 N–H and O–H groups in total. The van der Waals surface area contributed by atoms with E-state index in [0.29, 0.717) is 0 Å². The Morgan fingerprint density at radius 2 is 0.917 bits per heavy atom. The molecule has 0 amide bonds. The maximum absolute atomic E-state index is 8.58. The summed E-state index contributed by atoms with van der Waals surface area (Å²) in [5.74, 6) is 0. The van der Waals surface area contributed by atoms with Crippen LogP contribution in [-0.2, 0) is 68.5 Å². The fraction of sp³-hybridized carbons (Fsp3) is 0. The van der Waals surface area contributed by atoms with Gasteiger partial charge in [-0.1, -0.05) is 0 Å². The van der Waals surface area contributed by atoms with Gasteiger partial charge in [0.2, 0.25) is 0 Å². The van der Waals surface area contributed by atoms with Crippen LogP contribution in [-0.4, -0.2) is 31.0 Å². The second kappa shape index (κ2) is 38.3. The van der Waals surface area contributed by atoms with Gasteiger partial charge in [0.25, 0.3) is 0 Å². The van der Waals surface area contributed by atoms with E-state index in [9.17, 15) is 0 Å². The molecule has 7 nitrogen and oxygen atoms in total. The molecule has 0 rings (SSSR count). The molecular weight excluding hydrogens is 345 g/mol. The van der Waals surface area contributed by atoms with Crippen molar-refractivity contribution < 1.29 is 84.2 Å². The molecule has 0 spiro atoms. The first kappa shape index (κ1) is 29.2. The van der Waals surface area contributed by atoms with Gasteiger partial charge in [-0.05, 0) is 0 Å². The first-order chi connectivity index (χ1) is 4.56. The first-order valence-corrected chi connectivity index (χ1v) is 5.35. The van der Waals surface area contributed by atoms with Gasteiger partial charge < -0.3 is 0 Å². The number of hydrogen-bond acceptors (Lipinski definition) is 7. The zero-order chi connectivity index (χ0) is 8.99. The minimum Gasteiger partial charge on any atom is 2.00 e. The molecule has 56 valence electrons. The van der Waals surface area contributed by atoms with E-state index in [4.69, 9.17) is 26.6 Å². The van der Waals surface area contributed by atoms with Crippen LogP contribution in [0.4, 0.5) is 0 Å². The Kier molecular flexibility index (Phi) is 93.2. The largest absolute Gasteiger partial charge is 2.00 e. The fourth-order valence-electron chi connectivity index (χ4n) is 0. The Labute approximate surface area is 114 Å². The van der Waals surface area contributed by atoms with E-state index < -0.39 is 49.6 Å². The summed E-state index contributed by atoms with van der Waals surface area (Å²) in [7, 11) is 0. The van der Waals surface area contributed by atoms with Crippen molar-refractivity contribution in [1.29, 1.82) is 0 Å². The molecule has 0 aliphatic rings. The third-order valence-electron chi connectivity index (χ3n) is 0. The maximum Gasteiger partial charge on any atom is 2.00 e. The van der Waals surface area contributed by atoms with Crippen LogP contribution >= 0.6 is 0 Å². The monoisotopic (exact) mass is 342 g/mol. The third kappa shape index (κ3) is 378. The van der Waals surface area contributed by atoms with Crippen LogP contribution in [0.25, 0.3) is 0 Å². The summed E-state index contributed by atoms with van der Waals surface area (Å²) in [5, 5.41) is 0. The van der Waals surface area contributed by atoms with Gasteiger partial charge >= 0.3 is 115 Å². The average molecular weight is 345 g/mol. The van der Waals surface area contributed by atoms with Gasteiger partial charge in [-0.3, -0.25) is 0 Å². The molecule has 12 heteroatoms. The maximum atomic E-state index is 8.58. The molecule has 0 unspecified atom stereocenters. The number of hydrogen-bond donors (Lipinski definition) is 0. The van der Waals surface area contributed by atoms with Crippen LogP contribution in [0.3, 0.4) is 0 Å². The molecule has 12 heavy (non-hydrogen) atoms. The predicted molar refractivity (Wildman–Crippen MR) is 13.6 cm³/mol. The van der Waals surface area contributed by atoms with E-state index in [1.54, 1.807) is 0 Å². The molecule has 0 atom stereocenters. The Morgan fingerprint density at radius 1 is 0.917 bits per heavy atom. The first-order valence-electron chi connectivity index (χ1n) is 1.56. The van der Waals surface area contributed by atoms with E-state index in [2.05, 4.69) is 0 Å². The third-order valence-corrected chi connectivity index (χ3v) is 0. The van der Waals surface area contributed by atoms with Gasteiger partial charge in [0.05, 0.1) is 0 Å². The van der Waals surface area contributed by atoms with E-state index in [-0.39, 0.29) is 39.0 Å². The van der Waals surface area contributed by atoms with Gasteiger partial charge in [0.15, 0.2) is 0 Å². The fourth-order valence-corrected chi connectivity index (χ4v) is 0.